The molecular formula is C24H30N6O8. The summed E-state index contributed by atoms with van der Waals surface area (Å²) in [6.45, 7) is 4.07. The van der Waals surface area contributed by atoms with Crippen molar-refractivity contribution in [2.75, 3.05) is 18.9 Å². The van der Waals surface area contributed by atoms with Crippen molar-refractivity contribution in [1.29, 1.82) is 0 Å². The molecule has 0 saturated heterocycles. The summed E-state index contributed by atoms with van der Waals surface area (Å²) in [6.07, 6.45) is -0.315. The molecule has 38 heavy (non-hydrogen) atoms. The lowest BCUT2D eigenvalue weighted by Gasteiger charge is -2.23. The number of rotatable bonds is 12. The SMILES string of the molecule is CC(=O)OCC(COC(=O)[C@@H](NC(=O)OCc1ccccc1)C(C)C)OCn1cnc2c(=O)[nH]c(N)nc21. The predicted molar refractivity (Wildman–Crippen MR) is 133 cm³/mol. The van der Waals surface area contributed by atoms with E-state index >= 15 is 0 Å². The molecule has 0 aliphatic heterocycles. The number of nitrogens with zero attached hydrogens (tertiary/aromatic N) is 3. The smallest absolute Gasteiger partial charge is 0.408 e. The van der Waals surface area contributed by atoms with Gasteiger partial charge in [0, 0.05) is 6.92 Å². The molecule has 14 nitrogen and oxygen atoms in total. The highest BCUT2D eigenvalue weighted by Crippen LogP contribution is 2.10. The number of nitrogens with one attached hydrogen (secondary N) is 2. The molecule has 0 bridgehead atoms. The lowest BCUT2D eigenvalue weighted by atomic mass is 10.1. The lowest BCUT2D eigenvalue weighted by Crippen LogP contribution is -2.46. The molecule has 4 N–H and O–H groups in total. The summed E-state index contributed by atoms with van der Waals surface area (Å²) >= 11 is 0. The molecule has 2 atom stereocenters. The van der Waals surface area contributed by atoms with Gasteiger partial charge in [-0.15, -0.1) is 0 Å². The highest BCUT2D eigenvalue weighted by Gasteiger charge is 2.28. The van der Waals surface area contributed by atoms with Crippen LogP contribution in [-0.2, 0) is 41.9 Å². The van der Waals surface area contributed by atoms with Crippen molar-refractivity contribution in [3.8, 4) is 0 Å². The number of carbonyl (C=O) groups excluding carboxylic acids is 3. The van der Waals surface area contributed by atoms with Gasteiger partial charge in [0.1, 0.15) is 38.7 Å². The summed E-state index contributed by atoms with van der Waals surface area (Å²) in [6, 6.07) is 8.10. The molecule has 3 rings (SSSR count). The van der Waals surface area contributed by atoms with Crippen LogP contribution in [0.3, 0.4) is 0 Å². The first-order valence-corrected chi connectivity index (χ1v) is 11.7. The Kier molecular flexibility index (Phi) is 9.76. The van der Waals surface area contributed by atoms with Crippen molar-refractivity contribution in [2.24, 2.45) is 5.92 Å². The number of alkyl carbamates (subject to hydrolysis) is 1. The second kappa shape index (κ2) is 13.2. The number of fused-ring (bicyclic) bond motifs is 1. The Hall–Kier alpha value is -4.46. The van der Waals surface area contributed by atoms with Gasteiger partial charge in [-0.1, -0.05) is 44.2 Å². The minimum atomic E-state index is -0.996. The topological polar surface area (TPSA) is 190 Å². The van der Waals surface area contributed by atoms with E-state index in [-0.39, 0.29) is 49.6 Å². The van der Waals surface area contributed by atoms with Crippen LogP contribution in [-0.4, -0.2) is 62.9 Å². The summed E-state index contributed by atoms with van der Waals surface area (Å²) in [5, 5.41) is 2.52. The van der Waals surface area contributed by atoms with Gasteiger partial charge in [-0.25, -0.2) is 14.6 Å². The van der Waals surface area contributed by atoms with Crippen molar-refractivity contribution in [3.63, 3.8) is 0 Å². The number of anilines is 1. The van der Waals surface area contributed by atoms with Crippen LogP contribution in [0.2, 0.25) is 0 Å². The van der Waals surface area contributed by atoms with Crippen molar-refractivity contribution in [3.05, 3.63) is 52.6 Å². The Labute approximate surface area is 217 Å². The van der Waals surface area contributed by atoms with Gasteiger partial charge >= 0.3 is 18.0 Å². The standard InChI is InChI=1S/C24H30N6O8/c1-14(2)18(27-24(34)37-9-16-7-5-4-6-8-16)22(33)36-11-17(10-35-15(3)31)38-13-30-12-26-19-20(30)28-23(25)29-21(19)32/h4-8,12,14,17-18H,9-11,13H2,1-3H3,(H,27,34)(H3,25,28,29,32)/t17?,18-/m0/s1. The molecule has 0 aliphatic carbocycles. The molecule has 204 valence electrons. The zero-order chi connectivity index (χ0) is 27.7. The molecule has 0 spiro atoms. The summed E-state index contributed by atoms with van der Waals surface area (Å²) < 4.78 is 22.8. The number of aromatic amines is 1. The summed E-state index contributed by atoms with van der Waals surface area (Å²) in [4.78, 5) is 58.7. The molecule has 0 radical (unpaired) electrons. The largest absolute Gasteiger partial charge is 0.463 e. The highest BCUT2D eigenvalue weighted by atomic mass is 16.6. The highest BCUT2D eigenvalue weighted by molar-refractivity contribution is 5.81. The van der Waals surface area contributed by atoms with Crippen LogP contribution in [0.15, 0.2) is 41.5 Å². The Morgan fingerprint density at radius 2 is 1.82 bits per heavy atom. The minimum Gasteiger partial charge on any atom is -0.463 e. The normalized spacial score (nSPS) is 12.6. The number of hydrogen-bond acceptors (Lipinski definition) is 11. The fraction of sp³-hybridized carbons (Fsp3) is 0.417. The van der Waals surface area contributed by atoms with Crippen LogP contribution in [0.25, 0.3) is 11.2 Å². The fourth-order valence-electron chi connectivity index (χ4n) is 3.26. The quantitative estimate of drug-likeness (QED) is 0.224. The van der Waals surface area contributed by atoms with Gasteiger partial charge in [-0.2, -0.15) is 4.98 Å². The van der Waals surface area contributed by atoms with Crippen LogP contribution >= 0.6 is 0 Å². The third-order valence-corrected chi connectivity index (χ3v) is 5.23. The average molecular weight is 531 g/mol. The van der Waals surface area contributed by atoms with E-state index < -0.39 is 35.7 Å². The minimum absolute atomic E-state index is 0.0418. The summed E-state index contributed by atoms with van der Waals surface area (Å²) in [5.74, 6) is -1.68. The molecular weight excluding hydrogens is 500 g/mol. The zero-order valence-electron chi connectivity index (χ0n) is 21.2. The number of aromatic nitrogens is 4. The zero-order valence-corrected chi connectivity index (χ0v) is 21.2. The van der Waals surface area contributed by atoms with Gasteiger partial charge in [-0.3, -0.25) is 19.1 Å². The van der Waals surface area contributed by atoms with Crippen LogP contribution in [0.5, 0.6) is 0 Å². The van der Waals surface area contributed by atoms with E-state index in [9.17, 15) is 19.2 Å². The van der Waals surface area contributed by atoms with E-state index in [4.69, 9.17) is 24.7 Å². The van der Waals surface area contributed by atoms with Crippen LogP contribution < -0.4 is 16.6 Å². The van der Waals surface area contributed by atoms with Gasteiger partial charge in [0.05, 0.1) is 6.33 Å². The van der Waals surface area contributed by atoms with Gasteiger partial charge in [-0.05, 0) is 11.5 Å². The molecule has 14 heteroatoms. The number of ether oxygens (including phenoxy) is 4. The first-order chi connectivity index (χ1) is 18.1. The maximum absolute atomic E-state index is 12.8. The predicted octanol–water partition coefficient (Wildman–Crippen LogP) is 1.10. The van der Waals surface area contributed by atoms with E-state index in [1.807, 2.05) is 18.2 Å². The molecule has 0 aliphatic rings. The monoisotopic (exact) mass is 530 g/mol. The molecule has 0 fully saturated rings. The maximum atomic E-state index is 12.8. The van der Waals surface area contributed by atoms with Gasteiger partial charge in [0.15, 0.2) is 11.2 Å². The molecule has 1 unspecified atom stereocenters. The van der Waals surface area contributed by atoms with E-state index in [0.29, 0.717) is 0 Å². The van der Waals surface area contributed by atoms with Crippen LogP contribution in [0.4, 0.5) is 10.7 Å². The molecule has 1 amide bonds. The molecule has 3 aromatic rings. The van der Waals surface area contributed by atoms with Gasteiger partial charge in [0.2, 0.25) is 5.95 Å². The average Bonchev–Trinajstić information content (AvgIpc) is 3.28. The van der Waals surface area contributed by atoms with E-state index in [2.05, 4.69) is 20.3 Å². The molecule has 2 heterocycles. The molecule has 0 saturated carbocycles. The van der Waals surface area contributed by atoms with Crippen molar-refractivity contribution < 1.29 is 33.3 Å². The lowest BCUT2D eigenvalue weighted by molar-refractivity contribution is -0.158. The first-order valence-electron chi connectivity index (χ1n) is 11.7. The van der Waals surface area contributed by atoms with Crippen molar-refractivity contribution >= 4 is 35.1 Å². The van der Waals surface area contributed by atoms with Gasteiger partial charge in [0.25, 0.3) is 5.56 Å². The summed E-state index contributed by atoms with van der Waals surface area (Å²) in [7, 11) is 0. The van der Waals surface area contributed by atoms with Crippen LogP contribution in [0.1, 0.15) is 26.3 Å². The number of nitrogen functional groups attached to an aromatic ring is 1. The number of amides is 1. The second-order valence-corrected chi connectivity index (χ2v) is 8.62. The Balaban J connectivity index is 1.59. The maximum Gasteiger partial charge on any atom is 0.408 e. The van der Waals surface area contributed by atoms with Crippen molar-refractivity contribution in [1.82, 2.24) is 24.8 Å². The number of imidazole rings is 1. The van der Waals surface area contributed by atoms with E-state index in [1.165, 1.54) is 17.8 Å². The number of esters is 2. The van der Waals surface area contributed by atoms with Crippen molar-refractivity contribution in [2.45, 2.75) is 46.3 Å². The Bertz CT molecular complexity index is 1310. The fourth-order valence-corrected chi connectivity index (χ4v) is 3.26. The molecule has 1 aromatic carbocycles. The Morgan fingerprint density at radius 3 is 2.50 bits per heavy atom. The number of nitrogens with two attached hydrogens (primary N) is 1. The number of H-pyrrole nitrogens is 1. The second-order valence-electron chi connectivity index (χ2n) is 8.62. The summed E-state index contributed by atoms with van der Waals surface area (Å²) in [5.41, 5.74) is 6.15. The third kappa shape index (κ3) is 8.03. The molecule has 2 aromatic heterocycles. The first kappa shape index (κ1) is 28.1. The van der Waals surface area contributed by atoms with E-state index in [1.54, 1.807) is 26.0 Å². The van der Waals surface area contributed by atoms with E-state index in [0.717, 1.165) is 5.56 Å². The number of benzene rings is 1. The third-order valence-electron chi connectivity index (χ3n) is 5.23. The number of hydrogen-bond donors (Lipinski definition) is 3. The Morgan fingerprint density at radius 1 is 1.11 bits per heavy atom. The number of carbonyl (C=O) groups is 3. The van der Waals surface area contributed by atoms with Crippen LogP contribution in [0, 0.1) is 5.92 Å². The van der Waals surface area contributed by atoms with Gasteiger partial charge < -0.3 is 30.0 Å².